The Bertz CT molecular complexity index is 363. The zero-order valence-electron chi connectivity index (χ0n) is 9.88. The number of hydrogen-bond acceptors (Lipinski definition) is 2. The van der Waals surface area contributed by atoms with Crippen LogP contribution in [0.25, 0.3) is 0 Å². The van der Waals surface area contributed by atoms with E-state index < -0.39 is 11.6 Å². The number of anilines is 1. The number of benzene rings is 1. The highest BCUT2D eigenvalue weighted by Crippen LogP contribution is 2.26. The van der Waals surface area contributed by atoms with Gasteiger partial charge in [0.2, 0.25) is 0 Å². The van der Waals surface area contributed by atoms with Crippen LogP contribution in [0.5, 0.6) is 0 Å². The van der Waals surface area contributed by atoms with Gasteiger partial charge in [0.05, 0.1) is 12.1 Å². The summed E-state index contributed by atoms with van der Waals surface area (Å²) in [6.07, 6.45) is 4.02. The fourth-order valence-electron chi connectivity index (χ4n) is 2.37. The first-order chi connectivity index (χ1) is 8.22. The summed E-state index contributed by atoms with van der Waals surface area (Å²) in [5, 5.41) is 2.94. The Morgan fingerprint density at radius 1 is 1.18 bits per heavy atom. The molecule has 0 aromatic heterocycles. The number of hydrogen-bond donors (Lipinski definition) is 1. The van der Waals surface area contributed by atoms with E-state index in [0.717, 1.165) is 25.7 Å². The maximum absolute atomic E-state index is 13.5. The van der Waals surface area contributed by atoms with Crippen LogP contribution in [0.15, 0.2) is 18.2 Å². The number of halogens is 2. The lowest BCUT2D eigenvalue weighted by Crippen LogP contribution is -2.38. The second kappa shape index (κ2) is 5.45. The summed E-state index contributed by atoms with van der Waals surface area (Å²) >= 11 is 0. The maximum atomic E-state index is 13.5. The first-order valence-corrected chi connectivity index (χ1v) is 5.95. The lowest BCUT2D eigenvalue weighted by atomic mass is 9.92. The lowest BCUT2D eigenvalue weighted by molar-refractivity contribution is 0.0604. The lowest BCUT2D eigenvalue weighted by Gasteiger charge is -2.31. The van der Waals surface area contributed by atoms with Crippen molar-refractivity contribution in [3.63, 3.8) is 0 Å². The molecule has 2 atom stereocenters. The largest absolute Gasteiger partial charge is 0.379 e. The molecule has 0 saturated heterocycles. The number of methoxy groups -OCH3 is 1. The summed E-state index contributed by atoms with van der Waals surface area (Å²) in [5.74, 6) is -1.10. The van der Waals surface area contributed by atoms with Crippen molar-refractivity contribution in [1.82, 2.24) is 0 Å². The maximum Gasteiger partial charge on any atom is 0.149 e. The van der Waals surface area contributed by atoms with Crippen molar-refractivity contribution in [2.24, 2.45) is 0 Å². The number of nitrogens with one attached hydrogen (secondary N) is 1. The normalized spacial score (nSPS) is 24.6. The van der Waals surface area contributed by atoms with Crippen molar-refractivity contribution >= 4 is 5.69 Å². The summed E-state index contributed by atoms with van der Waals surface area (Å²) in [6, 6.07) is 3.87. The van der Waals surface area contributed by atoms with Gasteiger partial charge in [-0.2, -0.15) is 0 Å². The first kappa shape index (κ1) is 12.3. The minimum absolute atomic E-state index is 0.0138. The van der Waals surface area contributed by atoms with Crippen molar-refractivity contribution in [1.29, 1.82) is 0 Å². The van der Waals surface area contributed by atoms with Crippen molar-refractivity contribution in [2.75, 3.05) is 12.4 Å². The molecule has 0 radical (unpaired) electrons. The molecule has 94 valence electrons. The Labute approximate surface area is 100.0 Å². The van der Waals surface area contributed by atoms with Crippen LogP contribution in [-0.4, -0.2) is 19.3 Å². The van der Waals surface area contributed by atoms with Crippen LogP contribution in [-0.2, 0) is 4.74 Å². The Kier molecular flexibility index (Phi) is 3.94. The highest BCUT2D eigenvalue weighted by molar-refractivity contribution is 5.47. The van der Waals surface area contributed by atoms with E-state index in [9.17, 15) is 8.78 Å². The standard InChI is InChI=1S/C13H17F2NO/c1-17-12-8-3-2-7-11(12)16-13-9(14)5-4-6-10(13)15/h4-6,11-12,16H,2-3,7-8H2,1H3. The van der Waals surface area contributed by atoms with E-state index in [1.165, 1.54) is 18.2 Å². The molecule has 17 heavy (non-hydrogen) atoms. The van der Waals surface area contributed by atoms with Crippen molar-refractivity contribution < 1.29 is 13.5 Å². The van der Waals surface area contributed by atoms with E-state index in [-0.39, 0.29) is 17.8 Å². The Balaban J connectivity index is 2.13. The summed E-state index contributed by atoms with van der Waals surface area (Å²) < 4.78 is 32.3. The number of ether oxygens (including phenoxy) is 1. The van der Waals surface area contributed by atoms with Gasteiger partial charge in [-0.3, -0.25) is 0 Å². The Morgan fingerprint density at radius 3 is 2.47 bits per heavy atom. The third-order valence-electron chi connectivity index (χ3n) is 3.30. The molecule has 2 nitrogen and oxygen atoms in total. The molecule has 0 aliphatic heterocycles. The van der Waals surface area contributed by atoms with E-state index >= 15 is 0 Å². The molecule has 0 heterocycles. The molecule has 1 aromatic carbocycles. The van der Waals surface area contributed by atoms with Gasteiger partial charge in [0.25, 0.3) is 0 Å². The molecular weight excluding hydrogens is 224 g/mol. The monoisotopic (exact) mass is 241 g/mol. The highest BCUT2D eigenvalue weighted by atomic mass is 19.1. The van der Waals surface area contributed by atoms with Gasteiger partial charge in [-0.15, -0.1) is 0 Å². The third-order valence-corrected chi connectivity index (χ3v) is 3.30. The fraction of sp³-hybridized carbons (Fsp3) is 0.538. The predicted octanol–water partition coefficient (Wildman–Crippen LogP) is 3.33. The third kappa shape index (κ3) is 2.75. The van der Waals surface area contributed by atoms with E-state index in [2.05, 4.69) is 5.32 Å². The molecule has 1 N–H and O–H groups in total. The minimum atomic E-state index is -0.551. The summed E-state index contributed by atoms with van der Waals surface area (Å²) in [5.41, 5.74) is -0.0403. The molecule has 1 aromatic rings. The smallest absolute Gasteiger partial charge is 0.149 e. The minimum Gasteiger partial charge on any atom is -0.379 e. The number of rotatable bonds is 3. The average molecular weight is 241 g/mol. The van der Waals surface area contributed by atoms with Crippen LogP contribution in [0.2, 0.25) is 0 Å². The zero-order valence-corrected chi connectivity index (χ0v) is 9.88. The van der Waals surface area contributed by atoms with Crippen LogP contribution >= 0.6 is 0 Å². The summed E-state index contributed by atoms with van der Waals surface area (Å²) in [7, 11) is 1.64. The van der Waals surface area contributed by atoms with Gasteiger partial charge >= 0.3 is 0 Å². The fourth-order valence-corrected chi connectivity index (χ4v) is 2.37. The molecule has 1 aliphatic carbocycles. The zero-order chi connectivity index (χ0) is 12.3. The average Bonchev–Trinajstić information content (AvgIpc) is 2.34. The molecular formula is C13H17F2NO. The topological polar surface area (TPSA) is 21.3 Å². The van der Waals surface area contributed by atoms with E-state index in [4.69, 9.17) is 4.74 Å². The van der Waals surface area contributed by atoms with Crippen molar-refractivity contribution in [3.05, 3.63) is 29.8 Å². The van der Waals surface area contributed by atoms with Gasteiger partial charge in [0.1, 0.15) is 17.3 Å². The summed E-state index contributed by atoms with van der Waals surface area (Å²) in [6.45, 7) is 0. The van der Waals surface area contributed by atoms with Crippen molar-refractivity contribution in [2.45, 2.75) is 37.8 Å². The van der Waals surface area contributed by atoms with E-state index in [1.807, 2.05) is 0 Å². The molecule has 0 spiro atoms. The molecule has 0 amide bonds. The molecule has 2 unspecified atom stereocenters. The van der Waals surface area contributed by atoms with Crippen molar-refractivity contribution in [3.8, 4) is 0 Å². The first-order valence-electron chi connectivity index (χ1n) is 5.95. The van der Waals surface area contributed by atoms with Gasteiger partial charge in [-0.05, 0) is 25.0 Å². The number of para-hydroxylation sites is 1. The quantitative estimate of drug-likeness (QED) is 0.876. The van der Waals surface area contributed by atoms with Crippen LogP contribution in [0.1, 0.15) is 25.7 Å². The van der Waals surface area contributed by atoms with Gasteiger partial charge < -0.3 is 10.1 Å². The predicted molar refractivity (Wildman–Crippen MR) is 63.0 cm³/mol. The van der Waals surface area contributed by atoms with Crippen LogP contribution in [0, 0.1) is 11.6 Å². The second-order valence-electron chi connectivity index (χ2n) is 4.41. The SMILES string of the molecule is COC1CCCCC1Nc1c(F)cccc1F. The molecule has 1 aliphatic rings. The molecule has 1 fully saturated rings. The second-order valence-corrected chi connectivity index (χ2v) is 4.41. The molecule has 0 bridgehead atoms. The van der Waals surface area contributed by atoms with Gasteiger partial charge in [0.15, 0.2) is 0 Å². The molecule has 2 rings (SSSR count). The molecule has 4 heteroatoms. The van der Waals surface area contributed by atoms with E-state index in [0.29, 0.717) is 0 Å². The molecule has 1 saturated carbocycles. The summed E-state index contributed by atoms with van der Waals surface area (Å²) in [4.78, 5) is 0. The van der Waals surface area contributed by atoms with Gasteiger partial charge in [-0.25, -0.2) is 8.78 Å². The van der Waals surface area contributed by atoms with Gasteiger partial charge in [0, 0.05) is 7.11 Å². The van der Waals surface area contributed by atoms with Crippen LogP contribution in [0.4, 0.5) is 14.5 Å². The Morgan fingerprint density at radius 2 is 1.82 bits per heavy atom. The van der Waals surface area contributed by atoms with Gasteiger partial charge in [-0.1, -0.05) is 18.9 Å². The van der Waals surface area contributed by atoms with Crippen LogP contribution < -0.4 is 5.32 Å². The van der Waals surface area contributed by atoms with E-state index in [1.54, 1.807) is 7.11 Å². The van der Waals surface area contributed by atoms with Crippen LogP contribution in [0.3, 0.4) is 0 Å². The highest BCUT2D eigenvalue weighted by Gasteiger charge is 2.26. The Hall–Kier alpha value is -1.16.